The molecule has 0 aliphatic heterocycles. The quantitative estimate of drug-likeness (QED) is 0.450. The van der Waals surface area contributed by atoms with E-state index in [9.17, 15) is 4.79 Å². The Hall–Kier alpha value is -2.28. The van der Waals surface area contributed by atoms with Crippen LogP contribution in [0.4, 0.5) is 0 Å². The van der Waals surface area contributed by atoms with Gasteiger partial charge in [0.1, 0.15) is 5.58 Å². The van der Waals surface area contributed by atoms with E-state index in [1.807, 2.05) is 25.1 Å². The summed E-state index contributed by atoms with van der Waals surface area (Å²) in [5.41, 5.74) is 2.24. The van der Waals surface area contributed by atoms with Crippen LogP contribution in [0.5, 0.6) is 0 Å². The molecule has 4 rings (SSSR count). The summed E-state index contributed by atoms with van der Waals surface area (Å²) < 4.78 is 6.85. The van der Waals surface area contributed by atoms with E-state index < -0.39 is 0 Å². The molecule has 3 aromatic rings. The second-order valence-electron chi connectivity index (χ2n) is 5.86. The molecule has 7 heteroatoms. The molecule has 0 amide bonds. The van der Waals surface area contributed by atoms with Crippen LogP contribution in [0.15, 0.2) is 38.6 Å². The lowest BCUT2D eigenvalue weighted by molar-refractivity contribution is 0.559. The Morgan fingerprint density at radius 1 is 1.35 bits per heavy atom. The average Bonchev–Trinajstić information content (AvgIpc) is 3.28. The zero-order chi connectivity index (χ0) is 16.0. The summed E-state index contributed by atoms with van der Waals surface area (Å²) >= 11 is 1.48. The first-order chi connectivity index (χ1) is 11.1. The Balaban J connectivity index is 1.64. The fraction of sp³-hybridized carbons (Fsp3) is 0.312. The van der Waals surface area contributed by atoms with Crippen molar-refractivity contribution < 1.29 is 4.42 Å². The van der Waals surface area contributed by atoms with Crippen molar-refractivity contribution >= 4 is 22.7 Å². The van der Waals surface area contributed by atoms with Crippen LogP contribution in [0, 0.1) is 6.92 Å². The average molecular weight is 328 g/mol. The van der Waals surface area contributed by atoms with Gasteiger partial charge in [-0.3, -0.25) is 0 Å². The van der Waals surface area contributed by atoms with Gasteiger partial charge in [0.2, 0.25) is 5.16 Å². The maximum atomic E-state index is 11.8. The summed E-state index contributed by atoms with van der Waals surface area (Å²) in [6.45, 7) is 1.97. The molecule has 118 valence electrons. The van der Waals surface area contributed by atoms with Crippen LogP contribution in [0.2, 0.25) is 0 Å². The SMILES string of the molecule is Cc1ccc2c(CSc3nnc(C4CC4)n3N)cc(=O)oc2c1. The van der Waals surface area contributed by atoms with E-state index in [0.717, 1.165) is 35.2 Å². The van der Waals surface area contributed by atoms with Crippen LogP contribution < -0.4 is 11.5 Å². The van der Waals surface area contributed by atoms with Gasteiger partial charge in [-0.05, 0) is 37.0 Å². The predicted molar refractivity (Wildman–Crippen MR) is 88.9 cm³/mol. The van der Waals surface area contributed by atoms with E-state index in [4.69, 9.17) is 10.3 Å². The van der Waals surface area contributed by atoms with Crippen LogP contribution in [0.3, 0.4) is 0 Å². The minimum atomic E-state index is -0.341. The Morgan fingerprint density at radius 3 is 2.96 bits per heavy atom. The predicted octanol–water partition coefficient (Wildman–Crippen LogP) is 2.58. The molecule has 6 nitrogen and oxygen atoms in total. The van der Waals surface area contributed by atoms with Gasteiger partial charge in [-0.15, -0.1) is 10.2 Å². The first-order valence-corrected chi connectivity index (χ1v) is 8.47. The van der Waals surface area contributed by atoms with Crippen molar-refractivity contribution in [2.45, 2.75) is 36.6 Å². The summed E-state index contributed by atoms with van der Waals surface area (Å²) in [7, 11) is 0. The fourth-order valence-corrected chi connectivity index (χ4v) is 3.46. The Morgan fingerprint density at radius 2 is 2.17 bits per heavy atom. The second-order valence-corrected chi connectivity index (χ2v) is 6.81. The van der Waals surface area contributed by atoms with Crippen molar-refractivity contribution in [1.82, 2.24) is 14.9 Å². The number of aryl methyl sites for hydroxylation is 1. The smallest absolute Gasteiger partial charge is 0.336 e. The van der Waals surface area contributed by atoms with Crippen molar-refractivity contribution in [2.75, 3.05) is 5.84 Å². The standard InChI is InChI=1S/C16H16N4O2S/c1-9-2-5-12-11(7-14(21)22-13(12)6-9)8-23-16-19-18-15(20(16)17)10-3-4-10/h2,5-7,10H,3-4,8,17H2,1H3. The van der Waals surface area contributed by atoms with E-state index in [1.54, 1.807) is 4.68 Å². The summed E-state index contributed by atoms with van der Waals surface area (Å²) in [4.78, 5) is 11.8. The van der Waals surface area contributed by atoms with Gasteiger partial charge in [-0.1, -0.05) is 23.9 Å². The highest BCUT2D eigenvalue weighted by Crippen LogP contribution is 2.39. The lowest BCUT2D eigenvalue weighted by Crippen LogP contribution is -2.13. The van der Waals surface area contributed by atoms with Gasteiger partial charge in [0, 0.05) is 23.1 Å². The minimum absolute atomic E-state index is 0.341. The van der Waals surface area contributed by atoms with E-state index in [1.165, 1.54) is 17.8 Å². The fourth-order valence-electron chi connectivity index (χ4n) is 2.61. The van der Waals surface area contributed by atoms with Crippen molar-refractivity contribution in [2.24, 2.45) is 0 Å². The molecule has 1 fully saturated rings. The molecule has 0 saturated heterocycles. The van der Waals surface area contributed by atoms with Crippen molar-refractivity contribution in [3.05, 3.63) is 51.6 Å². The first-order valence-electron chi connectivity index (χ1n) is 7.48. The van der Waals surface area contributed by atoms with Gasteiger partial charge in [0.25, 0.3) is 0 Å². The van der Waals surface area contributed by atoms with Crippen LogP contribution in [0.1, 0.15) is 35.7 Å². The lowest BCUT2D eigenvalue weighted by Gasteiger charge is -2.06. The molecule has 0 radical (unpaired) electrons. The maximum Gasteiger partial charge on any atom is 0.336 e. The van der Waals surface area contributed by atoms with Gasteiger partial charge in [-0.2, -0.15) is 0 Å². The highest BCUT2D eigenvalue weighted by atomic mass is 32.2. The molecule has 1 aliphatic rings. The Kier molecular flexibility index (Phi) is 3.37. The highest BCUT2D eigenvalue weighted by molar-refractivity contribution is 7.98. The summed E-state index contributed by atoms with van der Waals surface area (Å²) in [6.07, 6.45) is 2.26. The zero-order valence-corrected chi connectivity index (χ0v) is 13.5. The molecule has 1 saturated carbocycles. The van der Waals surface area contributed by atoms with Crippen LogP contribution in [-0.2, 0) is 5.75 Å². The number of hydrogen-bond acceptors (Lipinski definition) is 6. The molecule has 1 aliphatic carbocycles. The molecular weight excluding hydrogens is 312 g/mol. The van der Waals surface area contributed by atoms with E-state index in [2.05, 4.69) is 10.2 Å². The van der Waals surface area contributed by atoms with Crippen LogP contribution in [0.25, 0.3) is 11.0 Å². The third-order valence-electron chi connectivity index (χ3n) is 3.98. The number of aromatic nitrogens is 3. The Labute approximate surface area is 136 Å². The molecule has 0 spiro atoms. The maximum absolute atomic E-state index is 11.8. The second kappa shape index (κ2) is 5.42. The number of nitrogens with two attached hydrogens (primary N) is 1. The normalized spacial score (nSPS) is 14.5. The highest BCUT2D eigenvalue weighted by Gasteiger charge is 2.29. The number of rotatable bonds is 4. The molecule has 2 aromatic heterocycles. The van der Waals surface area contributed by atoms with E-state index in [-0.39, 0.29) is 5.63 Å². The van der Waals surface area contributed by atoms with E-state index >= 15 is 0 Å². The summed E-state index contributed by atoms with van der Waals surface area (Å²) in [5.74, 6) is 7.95. The summed E-state index contributed by atoms with van der Waals surface area (Å²) in [5, 5.41) is 9.93. The molecule has 2 N–H and O–H groups in total. The molecule has 0 atom stereocenters. The van der Waals surface area contributed by atoms with Crippen LogP contribution >= 0.6 is 11.8 Å². The number of nitrogen functional groups attached to an aromatic ring is 1. The van der Waals surface area contributed by atoms with Crippen molar-refractivity contribution in [3.63, 3.8) is 0 Å². The van der Waals surface area contributed by atoms with E-state index in [0.29, 0.717) is 22.4 Å². The van der Waals surface area contributed by atoms with Gasteiger partial charge in [-0.25, -0.2) is 9.47 Å². The zero-order valence-electron chi connectivity index (χ0n) is 12.7. The molecule has 0 bridgehead atoms. The number of nitrogens with zero attached hydrogens (tertiary/aromatic N) is 3. The van der Waals surface area contributed by atoms with Crippen molar-refractivity contribution in [1.29, 1.82) is 0 Å². The minimum Gasteiger partial charge on any atom is -0.423 e. The third kappa shape index (κ3) is 2.72. The third-order valence-corrected chi connectivity index (χ3v) is 4.97. The first kappa shape index (κ1) is 14.3. The summed E-state index contributed by atoms with van der Waals surface area (Å²) in [6, 6.07) is 7.39. The number of benzene rings is 1. The molecule has 23 heavy (non-hydrogen) atoms. The van der Waals surface area contributed by atoms with Crippen molar-refractivity contribution in [3.8, 4) is 0 Å². The Bertz CT molecular complexity index is 943. The van der Waals surface area contributed by atoms with Gasteiger partial charge < -0.3 is 10.3 Å². The molecule has 2 heterocycles. The number of thioether (sulfide) groups is 1. The monoisotopic (exact) mass is 328 g/mol. The molecule has 0 unspecified atom stereocenters. The van der Waals surface area contributed by atoms with Gasteiger partial charge in [0.15, 0.2) is 5.82 Å². The largest absolute Gasteiger partial charge is 0.423 e. The van der Waals surface area contributed by atoms with Gasteiger partial charge >= 0.3 is 5.63 Å². The lowest BCUT2D eigenvalue weighted by atomic mass is 10.1. The molecular formula is C16H16N4O2S. The van der Waals surface area contributed by atoms with Crippen LogP contribution in [-0.4, -0.2) is 14.9 Å². The topological polar surface area (TPSA) is 86.9 Å². The van der Waals surface area contributed by atoms with Gasteiger partial charge in [0.05, 0.1) is 0 Å². The number of hydrogen-bond donors (Lipinski definition) is 1. The number of fused-ring (bicyclic) bond motifs is 1. The molecule has 1 aromatic carbocycles.